The second-order valence-corrected chi connectivity index (χ2v) is 9.71. The summed E-state index contributed by atoms with van der Waals surface area (Å²) in [6.45, 7) is 2.68. The summed E-state index contributed by atoms with van der Waals surface area (Å²) in [6.07, 6.45) is -1.22. The molecule has 4 rings (SSSR count). The van der Waals surface area contributed by atoms with Crippen LogP contribution in [0.25, 0.3) is 0 Å². The van der Waals surface area contributed by atoms with Gasteiger partial charge >= 0.3 is 6.09 Å². The number of hydrogen-bond acceptors (Lipinski definition) is 8. The van der Waals surface area contributed by atoms with Crippen LogP contribution in [0, 0.1) is 10.1 Å². The van der Waals surface area contributed by atoms with E-state index in [1.54, 1.807) is 40.6 Å². The number of nitro groups is 1. The van der Waals surface area contributed by atoms with E-state index in [9.17, 15) is 19.7 Å². The van der Waals surface area contributed by atoms with Crippen LogP contribution >= 0.6 is 23.5 Å². The molecule has 0 aromatic heterocycles. The fourth-order valence-electron chi connectivity index (χ4n) is 3.71. The zero-order valence-corrected chi connectivity index (χ0v) is 17.6. The highest BCUT2D eigenvalue weighted by Crippen LogP contribution is 2.44. The lowest BCUT2D eigenvalue weighted by Crippen LogP contribution is -2.50. The molecule has 3 saturated heterocycles. The van der Waals surface area contributed by atoms with Gasteiger partial charge in [-0.25, -0.2) is 4.79 Å². The number of nitro benzene ring substituents is 1. The predicted octanol–water partition coefficient (Wildman–Crippen LogP) is 1.87. The average Bonchev–Trinajstić information content (AvgIpc) is 3.00. The second kappa shape index (κ2) is 8.41. The Morgan fingerprint density at radius 2 is 1.93 bits per heavy atom. The number of amides is 2. The molecule has 3 heterocycles. The Bertz CT molecular complexity index is 817. The molecule has 9 nitrogen and oxygen atoms in total. The lowest BCUT2D eigenvalue weighted by Gasteiger charge is -2.34. The number of nitrogens with zero attached hydrogens (tertiary/aromatic N) is 4. The molecular weight excluding hydrogens is 416 g/mol. The van der Waals surface area contributed by atoms with Crippen LogP contribution in [0.4, 0.5) is 16.2 Å². The number of fused-ring (bicyclic) bond motifs is 1. The highest BCUT2D eigenvalue weighted by atomic mass is 32.2. The van der Waals surface area contributed by atoms with E-state index in [1.807, 2.05) is 7.05 Å². The zero-order chi connectivity index (χ0) is 20.5. The topological polar surface area (TPSA) is 96.2 Å². The van der Waals surface area contributed by atoms with Crippen LogP contribution in [-0.4, -0.2) is 88.2 Å². The Hall–Kier alpha value is -1.98. The summed E-state index contributed by atoms with van der Waals surface area (Å²) in [5.41, 5.74) is 0.283. The van der Waals surface area contributed by atoms with Crippen LogP contribution in [0.3, 0.4) is 0 Å². The molecule has 3 atom stereocenters. The molecule has 0 radical (unpaired) electrons. The van der Waals surface area contributed by atoms with E-state index in [4.69, 9.17) is 4.74 Å². The summed E-state index contributed by atoms with van der Waals surface area (Å²) in [4.78, 5) is 41.9. The number of carbonyl (C=O) groups is 2. The molecular formula is C18H22N4O5S2. The summed E-state index contributed by atoms with van der Waals surface area (Å²) in [5, 5.41) is 10.7. The number of hydrogen-bond donors (Lipinski definition) is 0. The van der Waals surface area contributed by atoms with E-state index in [0.717, 1.165) is 24.6 Å². The SMILES string of the molecule is CN1CCN(C(=O)OC2C3SCCSC3C(=O)N2c2cccc([N+](=O)[O-])c2)CC1. The first-order valence-corrected chi connectivity index (χ1v) is 11.5. The molecule has 3 fully saturated rings. The third kappa shape index (κ3) is 4.03. The minimum absolute atomic E-state index is 0.102. The number of ether oxygens (including phenoxy) is 1. The summed E-state index contributed by atoms with van der Waals surface area (Å²) >= 11 is 3.18. The summed E-state index contributed by atoms with van der Waals surface area (Å²) in [7, 11) is 2.00. The summed E-state index contributed by atoms with van der Waals surface area (Å²) in [6, 6.07) is 5.93. The van der Waals surface area contributed by atoms with Gasteiger partial charge in [-0.05, 0) is 13.1 Å². The first kappa shape index (κ1) is 20.3. The number of piperazine rings is 1. The van der Waals surface area contributed by atoms with Crippen molar-refractivity contribution in [1.82, 2.24) is 9.80 Å². The van der Waals surface area contributed by atoms with Crippen molar-refractivity contribution in [2.75, 3.05) is 49.6 Å². The first-order chi connectivity index (χ1) is 14.0. The average molecular weight is 439 g/mol. The molecule has 3 unspecified atom stereocenters. The van der Waals surface area contributed by atoms with E-state index in [2.05, 4.69) is 4.90 Å². The Labute approximate surface area is 176 Å². The molecule has 11 heteroatoms. The Morgan fingerprint density at radius 1 is 1.21 bits per heavy atom. The lowest BCUT2D eigenvalue weighted by molar-refractivity contribution is -0.384. The maximum Gasteiger partial charge on any atom is 0.411 e. The maximum atomic E-state index is 13.1. The van der Waals surface area contributed by atoms with Crippen LogP contribution in [0.1, 0.15) is 0 Å². The number of rotatable bonds is 3. The van der Waals surface area contributed by atoms with Crippen molar-refractivity contribution in [3.63, 3.8) is 0 Å². The van der Waals surface area contributed by atoms with E-state index >= 15 is 0 Å². The van der Waals surface area contributed by atoms with Gasteiger partial charge in [-0.2, -0.15) is 11.8 Å². The molecule has 29 heavy (non-hydrogen) atoms. The fraction of sp³-hybridized carbons (Fsp3) is 0.556. The predicted molar refractivity (Wildman–Crippen MR) is 112 cm³/mol. The minimum Gasteiger partial charge on any atom is -0.424 e. The number of benzene rings is 1. The van der Waals surface area contributed by atoms with Gasteiger partial charge in [0.2, 0.25) is 5.91 Å². The van der Waals surface area contributed by atoms with Crippen molar-refractivity contribution in [3.8, 4) is 0 Å². The largest absolute Gasteiger partial charge is 0.424 e. The smallest absolute Gasteiger partial charge is 0.411 e. The van der Waals surface area contributed by atoms with Gasteiger partial charge in [0, 0.05) is 49.8 Å². The number of non-ortho nitro benzene ring substituents is 1. The molecule has 0 N–H and O–H groups in total. The Kier molecular flexibility index (Phi) is 5.88. The van der Waals surface area contributed by atoms with Crippen molar-refractivity contribution >= 4 is 46.9 Å². The van der Waals surface area contributed by atoms with Crippen LogP contribution in [0.5, 0.6) is 0 Å². The third-order valence-electron chi connectivity index (χ3n) is 5.31. The number of anilines is 1. The first-order valence-electron chi connectivity index (χ1n) is 9.40. The van der Waals surface area contributed by atoms with E-state index in [0.29, 0.717) is 18.8 Å². The van der Waals surface area contributed by atoms with Crippen molar-refractivity contribution in [3.05, 3.63) is 34.4 Å². The maximum absolute atomic E-state index is 13.1. The molecule has 0 spiro atoms. The highest BCUT2D eigenvalue weighted by Gasteiger charge is 2.53. The number of thioether (sulfide) groups is 2. The van der Waals surface area contributed by atoms with Gasteiger partial charge in [-0.15, -0.1) is 11.8 Å². The normalized spacial score (nSPS) is 27.6. The molecule has 3 aliphatic heterocycles. The van der Waals surface area contributed by atoms with Gasteiger partial charge in [-0.1, -0.05) is 6.07 Å². The van der Waals surface area contributed by atoms with Gasteiger partial charge in [0.25, 0.3) is 5.69 Å². The van der Waals surface area contributed by atoms with Crippen molar-refractivity contribution < 1.29 is 19.2 Å². The van der Waals surface area contributed by atoms with Crippen LogP contribution in [0.15, 0.2) is 24.3 Å². The van der Waals surface area contributed by atoms with E-state index in [1.165, 1.54) is 17.0 Å². The van der Waals surface area contributed by atoms with Crippen molar-refractivity contribution in [2.24, 2.45) is 0 Å². The third-order valence-corrected chi connectivity index (χ3v) is 8.36. The van der Waals surface area contributed by atoms with Crippen LogP contribution < -0.4 is 4.90 Å². The standard InChI is InChI=1S/C18H22N4O5S2/c1-19-5-7-20(8-6-19)18(24)27-17-15-14(28-9-10-29-15)16(23)21(17)12-3-2-4-13(11-12)22(25)26/h2-4,11,14-15,17H,5-10H2,1H3. The minimum atomic E-state index is -0.778. The van der Waals surface area contributed by atoms with Gasteiger partial charge < -0.3 is 14.5 Å². The van der Waals surface area contributed by atoms with Crippen LogP contribution in [-0.2, 0) is 9.53 Å². The van der Waals surface area contributed by atoms with Gasteiger partial charge in [-0.3, -0.25) is 19.8 Å². The molecule has 3 aliphatic rings. The second-order valence-electron chi connectivity index (χ2n) is 7.18. The highest BCUT2D eigenvalue weighted by molar-refractivity contribution is 8.07. The van der Waals surface area contributed by atoms with E-state index in [-0.39, 0.29) is 22.1 Å². The molecule has 0 saturated carbocycles. The molecule has 2 amide bonds. The van der Waals surface area contributed by atoms with E-state index < -0.39 is 17.2 Å². The summed E-state index contributed by atoms with van der Waals surface area (Å²) < 4.78 is 5.86. The quantitative estimate of drug-likeness (QED) is 0.521. The Morgan fingerprint density at radius 3 is 2.66 bits per heavy atom. The van der Waals surface area contributed by atoms with Gasteiger partial charge in [0.1, 0.15) is 5.25 Å². The molecule has 156 valence electrons. The monoisotopic (exact) mass is 438 g/mol. The zero-order valence-electron chi connectivity index (χ0n) is 15.9. The van der Waals surface area contributed by atoms with Gasteiger partial charge in [0.05, 0.1) is 15.9 Å². The van der Waals surface area contributed by atoms with Gasteiger partial charge in [0.15, 0.2) is 6.23 Å². The van der Waals surface area contributed by atoms with Crippen LogP contribution in [0.2, 0.25) is 0 Å². The fourth-order valence-corrected chi connectivity index (χ4v) is 6.69. The Balaban J connectivity index is 1.61. The molecule has 1 aromatic rings. The number of likely N-dealkylation sites (N-methyl/N-ethyl adjacent to an activating group) is 1. The molecule has 0 aliphatic carbocycles. The molecule has 1 aromatic carbocycles. The molecule has 0 bridgehead atoms. The lowest BCUT2D eigenvalue weighted by atomic mass is 10.2. The number of carbonyl (C=O) groups excluding carboxylic acids is 2. The summed E-state index contributed by atoms with van der Waals surface area (Å²) in [5.74, 6) is 1.55. The van der Waals surface area contributed by atoms with Crippen molar-refractivity contribution in [2.45, 2.75) is 16.7 Å². The van der Waals surface area contributed by atoms with Crippen molar-refractivity contribution in [1.29, 1.82) is 0 Å².